The topological polar surface area (TPSA) is 86.9 Å². The Balaban J connectivity index is 2.13. The molecule has 3 N–H and O–H groups in total. The van der Waals surface area contributed by atoms with Crippen LogP contribution in [-0.2, 0) is 16.6 Å². The molecule has 120 valence electrons. The molecule has 8 heteroatoms. The number of nitrogens with zero attached hydrogens (tertiary/aromatic N) is 1. The van der Waals surface area contributed by atoms with Crippen LogP contribution in [0, 0.1) is 6.92 Å². The van der Waals surface area contributed by atoms with Crippen LogP contribution in [-0.4, -0.2) is 42.7 Å². The number of thioether (sulfide) groups is 1. The molecule has 0 unspecified atom stereocenters. The molecule has 1 aromatic rings. The predicted octanol–water partition coefficient (Wildman–Crippen LogP) is 1.39. The Morgan fingerprint density at radius 2 is 2.14 bits per heavy atom. The minimum atomic E-state index is -3.53. The van der Waals surface area contributed by atoms with Crippen molar-refractivity contribution in [2.24, 2.45) is 0 Å². The van der Waals surface area contributed by atoms with Gasteiger partial charge in [-0.2, -0.15) is 16.9 Å². The molecule has 0 radical (unpaired) electrons. The van der Waals surface area contributed by atoms with Crippen LogP contribution in [0.2, 0.25) is 0 Å². The molecule has 6 nitrogen and oxygen atoms in total. The first kappa shape index (κ1) is 16.8. The summed E-state index contributed by atoms with van der Waals surface area (Å²) in [6, 6.07) is 0. The van der Waals surface area contributed by atoms with Crippen molar-refractivity contribution in [1.82, 2.24) is 20.2 Å². The van der Waals surface area contributed by atoms with Gasteiger partial charge >= 0.3 is 0 Å². The number of nitrogens with one attached hydrogen (secondary N) is 3. The Labute approximate surface area is 130 Å². The molecule has 0 aromatic carbocycles. The fraction of sp³-hybridized carbons (Fsp3) is 0.769. The Morgan fingerprint density at radius 1 is 1.43 bits per heavy atom. The molecule has 0 spiro atoms. The molecule has 0 aliphatic heterocycles. The van der Waals surface area contributed by atoms with E-state index in [1.807, 2.05) is 13.2 Å². The van der Waals surface area contributed by atoms with Crippen molar-refractivity contribution in [3.05, 3.63) is 11.4 Å². The van der Waals surface area contributed by atoms with Crippen molar-refractivity contribution in [1.29, 1.82) is 0 Å². The average molecular weight is 332 g/mol. The molecule has 1 heterocycles. The molecule has 0 amide bonds. The van der Waals surface area contributed by atoms with E-state index in [1.54, 1.807) is 18.7 Å². The monoisotopic (exact) mass is 332 g/mol. The minimum Gasteiger partial charge on any atom is -0.311 e. The predicted molar refractivity (Wildman–Crippen MR) is 86.0 cm³/mol. The second kappa shape index (κ2) is 6.68. The highest BCUT2D eigenvalue weighted by molar-refractivity contribution is 8.00. The highest BCUT2D eigenvalue weighted by Gasteiger charge is 2.37. The van der Waals surface area contributed by atoms with Gasteiger partial charge in [-0.3, -0.25) is 5.10 Å². The summed E-state index contributed by atoms with van der Waals surface area (Å²) in [4.78, 5) is 0.291. The van der Waals surface area contributed by atoms with E-state index in [4.69, 9.17) is 0 Å². The maximum absolute atomic E-state index is 12.6. The van der Waals surface area contributed by atoms with E-state index < -0.39 is 10.0 Å². The SMILES string of the molecule is CCNCc1n[nH]c(C)c1S(=O)(=O)NCC1(SC)CCC1. The summed E-state index contributed by atoms with van der Waals surface area (Å²) in [6.07, 6.45) is 5.38. The Hall–Kier alpha value is -0.570. The van der Waals surface area contributed by atoms with Crippen molar-refractivity contribution in [3.8, 4) is 0 Å². The van der Waals surface area contributed by atoms with Crippen molar-refractivity contribution in [2.45, 2.75) is 49.3 Å². The highest BCUT2D eigenvalue weighted by atomic mass is 32.2. The average Bonchev–Trinajstić information content (AvgIpc) is 2.77. The number of aromatic amines is 1. The van der Waals surface area contributed by atoms with E-state index in [0.29, 0.717) is 29.4 Å². The van der Waals surface area contributed by atoms with E-state index in [9.17, 15) is 8.42 Å². The van der Waals surface area contributed by atoms with Gasteiger partial charge in [0.2, 0.25) is 10.0 Å². The first-order valence-corrected chi connectivity index (χ1v) is 9.94. The molecule has 0 atom stereocenters. The number of aryl methyl sites for hydroxylation is 1. The fourth-order valence-corrected chi connectivity index (χ4v) is 5.00. The van der Waals surface area contributed by atoms with E-state index in [2.05, 4.69) is 20.2 Å². The minimum absolute atomic E-state index is 0.0759. The van der Waals surface area contributed by atoms with E-state index >= 15 is 0 Å². The number of rotatable bonds is 8. The third-order valence-corrected chi connectivity index (χ3v) is 7.08. The molecule has 1 aliphatic carbocycles. The van der Waals surface area contributed by atoms with E-state index in [0.717, 1.165) is 19.4 Å². The first-order valence-electron chi connectivity index (χ1n) is 7.23. The highest BCUT2D eigenvalue weighted by Crippen LogP contribution is 2.42. The molecule has 1 fully saturated rings. The molecule has 1 aliphatic rings. The smallest absolute Gasteiger partial charge is 0.244 e. The van der Waals surface area contributed by atoms with Crippen molar-refractivity contribution in [2.75, 3.05) is 19.3 Å². The standard InChI is InChI=1S/C13H24N4O2S2/c1-4-14-8-11-12(10(2)16-17-11)21(18,19)15-9-13(20-3)6-5-7-13/h14-15H,4-9H2,1-3H3,(H,16,17). The maximum atomic E-state index is 12.6. The number of sulfonamides is 1. The normalized spacial score (nSPS) is 17.7. The Bertz CT molecular complexity index is 573. The molecule has 21 heavy (non-hydrogen) atoms. The van der Waals surface area contributed by atoms with Crippen molar-refractivity contribution in [3.63, 3.8) is 0 Å². The molecule has 2 rings (SSSR count). The molecule has 1 aromatic heterocycles. The van der Waals surface area contributed by atoms with Crippen LogP contribution >= 0.6 is 11.8 Å². The number of hydrogen-bond donors (Lipinski definition) is 3. The number of H-pyrrole nitrogens is 1. The van der Waals surface area contributed by atoms with Gasteiger partial charge in [0, 0.05) is 17.8 Å². The second-order valence-electron chi connectivity index (χ2n) is 5.47. The number of aromatic nitrogens is 2. The van der Waals surface area contributed by atoms with Crippen LogP contribution in [0.3, 0.4) is 0 Å². The van der Waals surface area contributed by atoms with Crippen LogP contribution in [0.1, 0.15) is 37.6 Å². The molecule has 0 bridgehead atoms. The van der Waals surface area contributed by atoms with Crippen LogP contribution in [0.25, 0.3) is 0 Å². The molecule has 0 saturated heterocycles. The molecular formula is C13H24N4O2S2. The number of hydrogen-bond acceptors (Lipinski definition) is 5. The van der Waals surface area contributed by atoms with Crippen molar-refractivity contribution >= 4 is 21.8 Å². The van der Waals surface area contributed by atoms with Gasteiger partial charge in [0.25, 0.3) is 0 Å². The van der Waals surface area contributed by atoms with Crippen molar-refractivity contribution < 1.29 is 8.42 Å². The quantitative estimate of drug-likeness (QED) is 0.670. The lowest BCUT2D eigenvalue weighted by molar-refractivity contribution is 0.361. The summed E-state index contributed by atoms with van der Waals surface area (Å²) in [5.74, 6) is 0. The van der Waals surface area contributed by atoms with Gasteiger partial charge in [-0.25, -0.2) is 13.1 Å². The summed E-state index contributed by atoms with van der Waals surface area (Å²) >= 11 is 1.76. The fourth-order valence-electron chi connectivity index (χ4n) is 2.51. The zero-order chi connectivity index (χ0) is 15.5. The molecule has 1 saturated carbocycles. The lowest BCUT2D eigenvalue weighted by atomic mass is 9.84. The zero-order valence-electron chi connectivity index (χ0n) is 12.8. The van der Waals surface area contributed by atoms with Crippen LogP contribution in [0.5, 0.6) is 0 Å². The third-order valence-electron chi connectivity index (χ3n) is 4.05. The van der Waals surface area contributed by atoms with Gasteiger partial charge in [-0.15, -0.1) is 0 Å². The van der Waals surface area contributed by atoms with Gasteiger partial charge in [-0.1, -0.05) is 13.3 Å². The van der Waals surface area contributed by atoms with Gasteiger partial charge in [-0.05, 0) is 32.6 Å². The largest absolute Gasteiger partial charge is 0.311 e. The lowest BCUT2D eigenvalue weighted by Gasteiger charge is -2.40. The van der Waals surface area contributed by atoms with Gasteiger partial charge in [0.1, 0.15) is 4.90 Å². The summed E-state index contributed by atoms with van der Waals surface area (Å²) < 4.78 is 28.0. The summed E-state index contributed by atoms with van der Waals surface area (Å²) in [5.41, 5.74) is 1.14. The third kappa shape index (κ3) is 3.61. The van der Waals surface area contributed by atoms with Gasteiger partial charge in [0.05, 0.1) is 11.4 Å². The van der Waals surface area contributed by atoms with Crippen LogP contribution in [0.15, 0.2) is 4.90 Å². The van der Waals surface area contributed by atoms with Gasteiger partial charge in [0.15, 0.2) is 0 Å². The lowest BCUT2D eigenvalue weighted by Crippen LogP contribution is -2.45. The molecular weight excluding hydrogens is 308 g/mol. The zero-order valence-corrected chi connectivity index (χ0v) is 14.5. The first-order chi connectivity index (χ1) is 9.94. The van der Waals surface area contributed by atoms with Crippen LogP contribution in [0.4, 0.5) is 0 Å². The maximum Gasteiger partial charge on any atom is 0.244 e. The van der Waals surface area contributed by atoms with Crippen LogP contribution < -0.4 is 10.0 Å². The van der Waals surface area contributed by atoms with Gasteiger partial charge < -0.3 is 5.32 Å². The Kier molecular flexibility index (Phi) is 5.34. The summed E-state index contributed by atoms with van der Waals surface area (Å²) in [5, 5.41) is 10.0. The second-order valence-corrected chi connectivity index (χ2v) is 8.45. The summed E-state index contributed by atoms with van der Waals surface area (Å²) in [6.45, 7) is 5.43. The Morgan fingerprint density at radius 3 is 2.67 bits per heavy atom. The summed E-state index contributed by atoms with van der Waals surface area (Å²) in [7, 11) is -3.53. The van der Waals surface area contributed by atoms with E-state index in [-0.39, 0.29) is 4.75 Å². The van der Waals surface area contributed by atoms with E-state index in [1.165, 1.54) is 6.42 Å².